The molecule has 0 aromatic heterocycles. The highest BCUT2D eigenvalue weighted by molar-refractivity contribution is 5.86. The summed E-state index contributed by atoms with van der Waals surface area (Å²) in [6.07, 6.45) is 6.13. The molecule has 3 aliphatic rings. The van der Waals surface area contributed by atoms with Gasteiger partial charge in [-0.25, -0.2) is 4.79 Å². The summed E-state index contributed by atoms with van der Waals surface area (Å²) in [5.74, 6) is 1.21. The van der Waals surface area contributed by atoms with E-state index in [0.29, 0.717) is 341 Å². The summed E-state index contributed by atoms with van der Waals surface area (Å²) >= 11 is 0. The van der Waals surface area contributed by atoms with Crippen LogP contribution in [0.25, 0.3) is 0 Å². The molecule has 3 unspecified atom stereocenters. The van der Waals surface area contributed by atoms with Gasteiger partial charge in [0.1, 0.15) is 6.61 Å². The van der Waals surface area contributed by atoms with Crippen molar-refractivity contribution in [1.82, 2.24) is 0 Å². The average molecular weight is 1390 g/mol. The summed E-state index contributed by atoms with van der Waals surface area (Å²) in [5.41, 5.74) is 2.43. The van der Waals surface area contributed by atoms with Crippen LogP contribution in [0.1, 0.15) is 47.0 Å². The minimum atomic E-state index is -0.419. The molecule has 1 fully saturated rings. The molecule has 0 amide bonds. The van der Waals surface area contributed by atoms with Crippen molar-refractivity contribution >= 4 is 5.97 Å². The highest BCUT2D eigenvalue weighted by Gasteiger charge is 2.50. The molecule has 28 nitrogen and oxygen atoms in total. The van der Waals surface area contributed by atoms with Crippen molar-refractivity contribution in [1.29, 1.82) is 0 Å². The van der Waals surface area contributed by atoms with Crippen LogP contribution in [-0.2, 0) is 133 Å². The van der Waals surface area contributed by atoms with Gasteiger partial charge in [-0.1, -0.05) is 32.1 Å². The van der Waals surface area contributed by atoms with E-state index in [-0.39, 0.29) is 12.7 Å². The number of hydrogen-bond acceptors (Lipinski definition) is 28. The fourth-order valence-corrected chi connectivity index (χ4v) is 9.03. The van der Waals surface area contributed by atoms with Crippen LogP contribution in [0.5, 0.6) is 0 Å². The van der Waals surface area contributed by atoms with Gasteiger partial charge in [0.25, 0.3) is 0 Å². The maximum Gasteiger partial charge on any atom is 0.333 e. The molecule has 3 rings (SSSR count). The Kier molecular flexibility index (Phi) is 66.8. The Hall–Kier alpha value is -2.09. The van der Waals surface area contributed by atoms with E-state index in [1.54, 1.807) is 12.5 Å². The smallest absolute Gasteiger partial charge is 0.333 e. The van der Waals surface area contributed by atoms with Gasteiger partial charge in [0.05, 0.1) is 343 Å². The SMILES string of the molecule is C=C(C)C(=O)OCCOCCOCCOCCOCCOCCOCCOCCOCCOCCOCCOCCOCCOCCOCCOCCOCCOCCOCCOCCOCCOCCOCCOCCOCCOC(C)COCCC1=CCC2CC1C2(C)C. The summed E-state index contributed by atoms with van der Waals surface area (Å²) < 4.78 is 149. The van der Waals surface area contributed by atoms with Crippen LogP contribution in [0.3, 0.4) is 0 Å². The molecule has 0 heterocycles. The number of fused-ring (bicyclic) bond motifs is 1. The molecule has 0 aromatic carbocycles. The second kappa shape index (κ2) is 71.3. The van der Waals surface area contributed by atoms with Gasteiger partial charge in [0, 0.05) is 5.57 Å². The van der Waals surface area contributed by atoms with Crippen LogP contribution in [0.4, 0.5) is 0 Å². The van der Waals surface area contributed by atoms with Gasteiger partial charge in [-0.2, -0.15) is 0 Å². The fraction of sp³-hybridized carbons (Fsp3) is 0.926. The Morgan fingerprint density at radius 1 is 0.344 bits per heavy atom. The molecule has 0 spiro atoms. The van der Waals surface area contributed by atoms with Crippen LogP contribution in [-0.4, -0.2) is 356 Å². The van der Waals surface area contributed by atoms with Gasteiger partial charge in [0.2, 0.25) is 0 Å². The molecule has 28 heteroatoms. The Bertz CT molecular complexity index is 1670. The quantitative estimate of drug-likeness (QED) is 0.0355. The first kappa shape index (κ1) is 90.0. The number of hydrogen-bond donors (Lipinski definition) is 0. The first-order valence-electron chi connectivity index (χ1n) is 34.9. The van der Waals surface area contributed by atoms with Gasteiger partial charge in [-0.15, -0.1) is 0 Å². The van der Waals surface area contributed by atoms with Crippen molar-refractivity contribution < 1.29 is 133 Å². The molecule has 1 saturated carbocycles. The third-order valence-electron chi connectivity index (χ3n) is 14.5. The maximum atomic E-state index is 11.2. The predicted molar refractivity (Wildman–Crippen MR) is 354 cm³/mol. The lowest BCUT2D eigenvalue weighted by atomic mass is 9.48. The molecule has 0 N–H and O–H groups in total. The summed E-state index contributed by atoms with van der Waals surface area (Å²) in [7, 11) is 0. The summed E-state index contributed by atoms with van der Waals surface area (Å²) in [4.78, 5) is 11.2. The topological polar surface area (TPSA) is 266 Å². The minimum absolute atomic E-state index is 0.0449. The molecule has 0 aliphatic heterocycles. The van der Waals surface area contributed by atoms with E-state index in [1.165, 1.54) is 12.8 Å². The molecule has 0 aromatic rings. The average Bonchev–Trinajstić information content (AvgIpc) is 0.741. The zero-order valence-electron chi connectivity index (χ0n) is 59.3. The lowest BCUT2D eigenvalue weighted by Crippen LogP contribution is -2.48. The number of esters is 1. The molecule has 2 bridgehead atoms. The number of allylic oxidation sites excluding steroid dienone is 1. The van der Waals surface area contributed by atoms with E-state index < -0.39 is 5.97 Å². The van der Waals surface area contributed by atoms with E-state index >= 15 is 0 Å². The van der Waals surface area contributed by atoms with Crippen molar-refractivity contribution in [3.63, 3.8) is 0 Å². The van der Waals surface area contributed by atoms with Crippen LogP contribution < -0.4 is 0 Å². The number of carbonyl (C=O) groups excluding carboxylic acids is 1. The Morgan fingerprint density at radius 2 is 0.552 bits per heavy atom. The van der Waals surface area contributed by atoms with Crippen molar-refractivity contribution in [2.45, 2.75) is 53.1 Å². The summed E-state index contributed by atoms with van der Waals surface area (Å²) in [5, 5.41) is 0. The zero-order valence-corrected chi connectivity index (χ0v) is 59.3. The largest absolute Gasteiger partial charge is 0.460 e. The predicted octanol–water partition coefficient (Wildman–Crippen LogP) is 4.31. The highest BCUT2D eigenvalue weighted by atomic mass is 16.6. The number of rotatable bonds is 82. The molecular formula is C68H128O28. The van der Waals surface area contributed by atoms with Crippen molar-refractivity contribution in [2.24, 2.45) is 17.3 Å². The van der Waals surface area contributed by atoms with Gasteiger partial charge in [-0.05, 0) is 50.4 Å². The van der Waals surface area contributed by atoms with E-state index in [4.69, 9.17) is 128 Å². The second-order valence-corrected chi connectivity index (χ2v) is 22.4. The molecule has 3 aliphatic carbocycles. The third-order valence-corrected chi connectivity index (χ3v) is 14.5. The van der Waals surface area contributed by atoms with Gasteiger partial charge < -0.3 is 128 Å². The van der Waals surface area contributed by atoms with Gasteiger partial charge >= 0.3 is 5.97 Å². The number of ether oxygens (including phenoxy) is 27. The molecule has 568 valence electrons. The van der Waals surface area contributed by atoms with Crippen LogP contribution in [0, 0.1) is 17.3 Å². The molecule has 0 radical (unpaired) electrons. The van der Waals surface area contributed by atoms with E-state index in [2.05, 4.69) is 26.5 Å². The van der Waals surface area contributed by atoms with E-state index in [9.17, 15) is 4.79 Å². The van der Waals surface area contributed by atoms with Crippen molar-refractivity contribution in [2.75, 3.05) is 344 Å². The monoisotopic (exact) mass is 1390 g/mol. The van der Waals surface area contributed by atoms with Crippen LogP contribution in [0.2, 0.25) is 0 Å². The van der Waals surface area contributed by atoms with Crippen molar-refractivity contribution in [3.05, 3.63) is 23.8 Å². The third kappa shape index (κ3) is 59.6. The van der Waals surface area contributed by atoms with Crippen LogP contribution in [0.15, 0.2) is 23.8 Å². The first-order chi connectivity index (χ1) is 47.3. The Balaban J connectivity index is 1.09. The second-order valence-electron chi connectivity index (χ2n) is 22.4. The highest BCUT2D eigenvalue weighted by Crippen LogP contribution is 2.59. The number of carbonyl (C=O) groups is 1. The van der Waals surface area contributed by atoms with Gasteiger partial charge in [0.15, 0.2) is 0 Å². The first-order valence-corrected chi connectivity index (χ1v) is 34.9. The molecule has 3 atom stereocenters. The standard InChI is InChI=1S/C68H128O28/c1-62(2)67(69)96-59-57-93-55-53-91-51-49-89-47-45-87-43-41-85-39-37-83-35-33-81-31-29-79-27-25-77-23-21-75-19-17-73-15-13-71-11-10-70-12-14-72-16-18-74-20-22-76-24-26-78-28-30-80-32-34-82-36-38-84-40-42-86-44-46-88-48-50-90-52-54-92-56-58-95-63(3)61-94-9-8-64-6-7-65-60-66(64)68(65,4)5/h6,63,65-66H,1,7-61H2,2-5H3. The van der Waals surface area contributed by atoms with Gasteiger partial charge in [-0.3, -0.25) is 0 Å². The minimum Gasteiger partial charge on any atom is -0.460 e. The Labute approximate surface area is 574 Å². The van der Waals surface area contributed by atoms with E-state index in [1.807, 2.05) is 6.92 Å². The molecular weight excluding hydrogens is 1260 g/mol. The van der Waals surface area contributed by atoms with Crippen LogP contribution >= 0.6 is 0 Å². The lowest BCUT2D eigenvalue weighted by Gasteiger charge is -2.56. The zero-order chi connectivity index (χ0) is 68.7. The Morgan fingerprint density at radius 3 is 0.750 bits per heavy atom. The normalized spacial score (nSPS) is 15.4. The molecule has 96 heavy (non-hydrogen) atoms. The van der Waals surface area contributed by atoms with E-state index in [0.717, 1.165) is 24.9 Å². The maximum absolute atomic E-state index is 11.2. The summed E-state index contributed by atoms with van der Waals surface area (Å²) in [6.45, 7) is 37.1. The fourth-order valence-electron chi connectivity index (χ4n) is 9.03. The molecule has 0 saturated heterocycles. The van der Waals surface area contributed by atoms with Crippen molar-refractivity contribution in [3.8, 4) is 0 Å². The summed E-state index contributed by atoms with van der Waals surface area (Å²) in [6, 6.07) is 0. The lowest BCUT2D eigenvalue weighted by molar-refractivity contribution is -0.140.